The maximum absolute atomic E-state index is 5.95. The van der Waals surface area contributed by atoms with Gasteiger partial charge in [-0.2, -0.15) is 0 Å². The summed E-state index contributed by atoms with van der Waals surface area (Å²) in [7, 11) is 1.96. The van der Waals surface area contributed by atoms with Gasteiger partial charge in [-0.1, -0.05) is 30.3 Å². The largest absolute Gasteiger partial charge is 0.456 e. The fraction of sp³-hybridized carbons (Fsp3) is 0.176. The minimum absolute atomic E-state index is 0.869. The molecule has 0 amide bonds. The van der Waals surface area contributed by atoms with Crippen molar-refractivity contribution in [3.63, 3.8) is 0 Å². The van der Waals surface area contributed by atoms with Gasteiger partial charge in [0.05, 0.1) is 0 Å². The lowest BCUT2D eigenvalue weighted by Gasteiger charge is -2.06. The highest BCUT2D eigenvalue weighted by Gasteiger charge is 2.09. The lowest BCUT2D eigenvalue weighted by atomic mass is 10.0. The molecule has 0 saturated heterocycles. The van der Waals surface area contributed by atoms with E-state index in [2.05, 4.69) is 42.6 Å². The zero-order valence-corrected chi connectivity index (χ0v) is 11.2. The molecule has 0 aliphatic heterocycles. The molecule has 1 aromatic heterocycles. The molecule has 0 saturated carbocycles. The Morgan fingerprint density at radius 3 is 2.68 bits per heavy atom. The highest BCUT2D eigenvalue weighted by Crippen LogP contribution is 2.30. The van der Waals surface area contributed by atoms with Crippen molar-refractivity contribution in [1.82, 2.24) is 5.32 Å². The van der Waals surface area contributed by atoms with Crippen LogP contribution in [-0.2, 0) is 6.54 Å². The van der Waals surface area contributed by atoms with Gasteiger partial charge in [0.1, 0.15) is 11.3 Å². The van der Waals surface area contributed by atoms with Crippen LogP contribution < -0.4 is 5.32 Å². The number of para-hydroxylation sites is 1. The zero-order valence-electron chi connectivity index (χ0n) is 11.2. The minimum Gasteiger partial charge on any atom is -0.456 e. The lowest BCUT2D eigenvalue weighted by Crippen LogP contribution is -2.05. The second-order valence-corrected chi connectivity index (χ2v) is 4.83. The summed E-state index contributed by atoms with van der Waals surface area (Å²) in [5.41, 5.74) is 4.61. The van der Waals surface area contributed by atoms with Gasteiger partial charge < -0.3 is 9.73 Å². The summed E-state index contributed by atoms with van der Waals surface area (Å²) in [4.78, 5) is 0. The van der Waals surface area contributed by atoms with Crippen molar-refractivity contribution in [2.75, 3.05) is 7.05 Å². The third-order valence-electron chi connectivity index (χ3n) is 3.37. The van der Waals surface area contributed by atoms with Crippen LogP contribution in [0.4, 0.5) is 0 Å². The van der Waals surface area contributed by atoms with Gasteiger partial charge in [0, 0.05) is 17.5 Å². The predicted molar refractivity (Wildman–Crippen MR) is 79.2 cm³/mol. The summed E-state index contributed by atoms with van der Waals surface area (Å²) in [6, 6.07) is 16.7. The summed E-state index contributed by atoms with van der Waals surface area (Å²) in [5, 5.41) is 4.33. The molecule has 0 fully saturated rings. The fourth-order valence-electron chi connectivity index (χ4n) is 2.36. The van der Waals surface area contributed by atoms with Crippen molar-refractivity contribution in [3.8, 4) is 11.3 Å². The van der Waals surface area contributed by atoms with Crippen LogP contribution in [0.5, 0.6) is 0 Å². The van der Waals surface area contributed by atoms with Crippen LogP contribution in [-0.4, -0.2) is 7.05 Å². The maximum Gasteiger partial charge on any atom is 0.135 e. The Kier molecular flexibility index (Phi) is 3.10. The standard InChI is InChI=1S/C17H17NO/c1-12-7-8-13(11-18-2)9-15(12)17-10-14-5-3-4-6-16(14)19-17/h3-10,18H,11H2,1-2H3. The van der Waals surface area contributed by atoms with E-state index in [1.54, 1.807) is 0 Å². The molecule has 19 heavy (non-hydrogen) atoms. The highest BCUT2D eigenvalue weighted by atomic mass is 16.3. The van der Waals surface area contributed by atoms with Crippen molar-refractivity contribution in [3.05, 3.63) is 59.7 Å². The Hall–Kier alpha value is -2.06. The zero-order chi connectivity index (χ0) is 13.2. The molecular formula is C17H17NO. The van der Waals surface area contributed by atoms with Crippen molar-refractivity contribution < 1.29 is 4.42 Å². The average molecular weight is 251 g/mol. The first-order chi connectivity index (χ1) is 9.28. The van der Waals surface area contributed by atoms with Crippen LogP contribution in [0.1, 0.15) is 11.1 Å². The number of hydrogen-bond donors (Lipinski definition) is 1. The Balaban J connectivity index is 2.11. The van der Waals surface area contributed by atoms with Crippen molar-refractivity contribution in [1.29, 1.82) is 0 Å². The molecule has 2 nitrogen and oxygen atoms in total. The van der Waals surface area contributed by atoms with Crippen molar-refractivity contribution in [2.45, 2.75) is 13.5 Å². The molecule has 0 aliphatic carbocycles. The molecule has 0 spiro atoms. The normalized spacial score (nSPS) is 11.1. The SMILES string of the molecule is CNCc1ccc(C)c(-c2cc3ccccc3o2)c1. The molecule has 0 radical (unpaired) electrons. The van der Waals surface area contributed by atoms with E-state index in [-0.39, 0.29) is 0 Å². The molecule has 2 heteroatoms. The monoisotopic (exact) mass is 251 g/mol. The van der Waals surface area contributed by atoms with Crippen LogP contribution >= 0.6 is 0 Å². The number of nitrogens with one attached hydrogen (secondary N) is 1. The van der Waals surface area contributed by atoms with Crippen LogP contribution in [0.15, 0.2) is 52.9 Å². The quantitative estimate of drug-likeness (QED) is 0.757. The summed E-state index contributed by atoms with van der Waals surface area (Å²) < 4.78 is 5.95. The number of furan rings is 1. The Morgan fingerprint density at radius 1 is 1.05 bits per heavy atom. The Labute approximate surface area is 113 Å². The molecule has 0 bridgehead atoms. The van der Waals surface area contributed by atoms with Crippen LogP contribution in [0.2, 0.25) is 0 Å². The van der Waals surface area contributed by atoms with Gasteiger partial charge in [-0.25, -0.2) is 0 Å². The van der Waals surface area contributed by atoms with Gasteiger partial charge >= 0.3 is 0 Å². The summed E-state index contributed by atoms with van der Waals surface area (Å²) in [5.74, 6) is 0.941. The van der Waals surface area contributed by atoms with Gasteiger partial charge in [0.25, 0.3) is 0 Å². The molecule has 1 N–H and O–H groups in total. The van der Waals surface area contributed by atoms with Crippen molar-refractivity contribution >= 4 is 11.0 Å². The number of hydrogen-bond acceptors (Lipinski definition) is 2. The minimum atomic E-state index is 0.869. The molecule has 0 unspecified atom stereocenters. The lowest BCUT2D eigenvalue weighted by molar-refractivity contribution is 0.631. The second kappa shape index (κ2) is 4.90. The maximum atomic E-state index is 5.95. The van der Waals surface area contributed by atoms with E-state index >= 15 is 0 Å². The molecule has 0 atom stereocenters. The van der Waals surface area contributed by atoms with Crippen LogP contribution in [0.25, 0.3) is 22.3 Å². The third kappa shape index (κ3) is 2.27. The molecule has 96 valence electrons. The van der Waals surface area contributed by atoms with Gasteiger partial charge in [0.2, 0.25) is 0 Å². The second-order valence-electron chi connectivity index (χ2n) is 4.83. The smallest absolute Gasteiger partial charge is 0.135 e. The summed E-state index contributed by atoms with van der Waals surface area (Å²) in [6.07, 6.45) is 0. The number of rotatable bonds is 3. The highest BCUT2D eigenvalue weighted by molar-refractivity contribution is 5.83. The van der Waals surface area contributed by atoms with Gasteiger partial charge in [-0.3, -0.25) is 0 Å². The van der Waals surface area contributed by atoms with Gasteiger partial charge in [-0.15, -0.1) is 0 Å². The average Bonchev–Trinajstić information content (AvgIpc) is 2.85. The topological polar surface area (TPSA) is 25.2 Å². The third-order valence-corrected chi connectivity index (χ3v) is 3.37. The Bertz CT molecular complexity index is 679. The van der Waals surface area contributed by atoms with E-state index < -0.39 is 0 Å². The van der Waals surface area contributed by atoms with Crippen LogP contribution in [0, 0.1) is 6.92 Å². The number of benzene rings is 2. The Morgan fingerprint density at radius 2 is 1.89 bits per heavy atom. The van der Waals surface area contributed by atoms with E-state index in [1.165, 1.54) is 16.7 Å². The van der Waals surface area contributed by atoms with E-state index in [4.69, 9.17) is 4.42 Å². The molecule has 0 aliphatic rings. The molecular weight excluding hydrogens is 234 g/mol. The molecule has 2 aromatic carbocycles. The fourth-order valence-corrected chi connectivity index (χ4v) is 2.36. The summed E-state index contributed by atoms with van der Waals surface area (Å²) in [6.45, 7) is 2.99. The van der Waals surface area contributed by atoms with E-state index in [1.807, 2.05) is 25.2 Å². The van der Waals surface area contributed by atoms with Crippen molar-refractivity contribution in [2.24, 2.45) is 0 Å². The molecule has 3 rings (SSSR count). The first kappa shape index (κ1) is 12.0. The summed E-state index contributed by atoms with van der Waals surface area (Å²) >= 11 is 0. The van der Waals surface area contributed by atoms with Gasteiger partial charge in [0.15, 0.2) is 0 Å². The number of fused-ring (bicyclic) bond motifs is 1. The predicted octanol–water partition coefficient (Wildman–Crippen LogP) is 4.13. The first-order valence-electron chi connectivity index (χ1n) is 6.51. The molecule has 3 aromatic rings. The van der Waals surface area contributed by atoms with Gasteiger partial charge in [-0.05, 0) is 43.3 Å². The van der Waals surface area contributed by atoms with E-state index in [0.717, 1.165) is 23.3 Å². The first-order valence-corrected chi connectivity index (χ1v) is 6.51. The van der Waals surface area contributed by atoms with E-state index in [0.29, 0.717) is 0 Å². The van der Waals surface area contributed by atoms with Crippen LogP contribution in [0.3, 0.4) is 0 Å². The number of aryl methyl sites for hydroxylation is 1. The molecule has 1 heterocycles. The van der Waals surface area contributed by atoms with E-state index in [9.17, 15) is 0 Å².